The molecular weight excluding hydrogens is 299 g/mol. The number of carbonyl (C=O) groups excluding carboxylic acids is 1. The predicted octanol–water partition coefficient (Wildman–Crippen LogP) is 2.15. The van der Waals surface area contributed by atoms with Crippen LogP contribution < -0.4 is 5.32 Å². The lowest BCUT2D eigenvalue weighted by Gasteiger charge is -2.26. The van der Waals surface area contributed by atoms with Crippen LogP contribution in [0.1, 0.15) is 22.1 Å². The fourth-order valence-corrected chi connectivity index (χ4v) is 2.36. The van der Waals surface area contributed by atoms with E-state index in [0.717, 1.165) is 13.1 Å². The number of benzene rings is 1. The minimum absolute atomic E-state index is 0.118. The van der Waals surface area contributed by atoms with Gasteiger partial charge < -0.3 is 5.32 Å². The number of ketones is 1. The molecule has 0 radical (unpaired) electrons. The van der Waals surface area contributed by atoms with Crippen LogP contribution in [0.15, 0.2) is 24.4 Å². The number of Topliss-reactive ketones (excluding diaryl/α,β-unsaturated/α-hetero) is 1. The van der Waals surface area contributed by atoms with E-state index in [9.17, 15) is 4.79 Å². The molecule has 20 heavy (non-hydrogen) atoms. The number of hydrogen-bond donors (Lipinski definition) is 1. The van der Waals surface area contributed by atoms with Crippen LogP contribution in [0.25, 0.3) is 0 Å². The third-order valence-electron chi connectivity index (χ3n) is 3.29. The molecule has 0 aliphatic carbocycles. The average molecular weight is 311 g/mol. The van der Waals surface area contributed by atoms with E-state index < -0.39 is 0 Å². The zero-order valence-electron chi connectivity index (χ0n) is 10.5. The molecule has 0 atom stereocenters. The molecule has 104 valence electrons. The van der Waals surface area contributed by atoms with Gasteiger partial charge in [-0.15, -0.1) is 5.10 Å². The molecule has 1 aromatic heterocycles. The lowest BCUT2D eigenvalue weighted by molar-refractivity contribution is 0.0988. The number of carbonyl (C=O) groups is 1. The van der Waals surface area contributed by atoms with Gasteiger partial charge in [-0.2, -0.15) is 0 Å². The highest BCUT2D eigenvalue weighted by atomic mass is 35.5. The van der Waals surface area contributed by atoms with E-state index >= 15 is 0 Å². The lowest BCUT2D eigenvalue weighted by atomic mass is 10.1. The van der Waals surface area contributed by atoms with Gasteiger partial charge in [0.2, 0.25) is 0 Å². The summed E-state index contributed by atoms with van der Waals surface area (Å²) in [6.45, 7) is 1.72. The third-order valence-corrected chi connectivity index (χ3v) is 3.89. The SMILES string of the molecule is O=C(Cc1cc(Cl)ccc1Cl)c1cn(C2CNC2)nn1. The number of aromatic nitrogens is 3. The summed E-state index contributed by atoms with van der Waals surface area (Å²) in [7, 11) is 0. The minimum atomic E-state index is -0.118. The summed E-state index contributed by atoms with van der Waals surface area (Å²) in [5, 5.41) is 12.1. The fraction of sp³-hybridized carbons (Fsp3) is 0.308. The lowest BCUT2D eigenvalue weighted by Crippen LogP contribution is -2.43. The van der Waals surface area contributed by atoms with Crippen molar-refractivity contribution in [3.63, 3.8) is 0 Å². The van der Waals surface area contributed by atoms with Gasteiger partial charge in [0.05, 0.1) is 12.2 Å². The molecule has 7 heteroatoms. The zero-order chi connectivity index (χ0) is 14.1. The molecule has 5 nitrogen and oxygen atoms in total. The van der Waals surface area contributed by atoms with E-state index in [1.165, 1.54) is 0 Å². The maximum Gasteiger partial charge on any atom is 0.189 e. The Hall–Kier alpha value is -1.43. The van der Waals surface area contributed by atoms with Crippen molar-refractivity contribution in [2.75, 3.05) is 13.1 Å². The highest BCUT2D eigenvalue weighted by Gasteiger charge is 2.22. The van der Waals surface area contributed by atoms with Crippen molar-refractivity contribution in [3.05, 3.63) is 45.7 Å². The maximum absolute atomic E-state index is 12.2. The van der Waals surface area contributed by atoms with E-state index in [2.05, 4.69) is 15.6 Å². The second-order valence-electron chi connectivity index (χ2n) is 4.73. The number of hydrogen-bond acceptors (Lipinski definition) is 4. The van der Waals surface area contributed by atoms with E-state index in [1.54, 1.807) is 29.1 Å². The minimum Gasteiger partial charge on any atom is -0.312 e. The molecule has 2 aromatic rings. The topological polar surface area (TPSA) is 59.8 Å². The molecule has 0 unspecified atom stereocenters. The molecule has 0 saturated carbocycles. The largest absolute Gasteiger partial charge is 0.312 e. The fourth-order valence-electron chi connectivity index (χ4n) is 1.99. The number of nitrogens with one attached hydrogen (secondary N) is 1. The Balaban J connectivity index is 1.75. The molecule has 1 saturated heterocycles. The molecule has 1 fully saturated rings. The van der Waals surface area contributed by atoms with Gasteiger partial charge in [0.1, 0.15) is 5.69 Å². The monoisotopic (exact) mass is 310 g/mol. The Kier molecular flexibility index (Phi) is 3.74. The first-order valence-electron chi connectivity index (χ1n) is 6.23. The van der Waals surface area contributed by atoms with Gasteiger partial charge in [-0.1, -0.05) is 28.4 Å². The number of halogens is 2. The Morgan fingerprint density at radius 3 is 2.90 bits per heavy atom. The van der Waals surface area contributed by atoms with Crippen LogP contribution in [0, 0.1) is 0 Å². The molecule has 3 rings (SSSR count). The maximum atomic E-state index is 12.2. The van der Waals surface area contributed by atoms with Crippen LogP contribution in [0.5, 0.6) is 0 Å². The van der Waals surface area contributed by atoms with Crippen molar-refractivity contribution >= 4 is 29.0 Å². The van der Waals surface area contributed by atoms with Crippen molar-refractivity contribution in [2.45, 2.75) is 12.5 Å². The van der Waals surface area contributed by atoms with Crippen molar-refractivity contribution in [3.8, 4) is 0 Å². The van der Waals surface area contributed by atoms with Gasteiger partial charge >= 0.3 is 0 Å². The summed E-state index contributed by atoms with van der Waals surface area (Å²) in [4.78, 5) is 12.2. The van der Waals surface area contributed by atoms with E-state index in [-0.39, 0.29) is 12.2 Å². The summed E-state index contributed by atoms with van der Waals surface area (Å²) in [6, 6.07) is 5.36. The molecule has 1 aromatic carbocycles. The smallest absolute Gasteiger partial charge is 0.189 e. The molecule has 0 amide bonds. The first-order valence-corrected chi connectivity index (χ1v) is 6.99. The molecule has 2 heterocycles. The van der Waals surface area contributed by atoms with Crippen LogP contribution in [-0.2, 0) is 6.42 Å². The van der Waals surface area contributed by atoms with Crippen LogP contribution in [0.2, 0.25) is 10.0 Å². The van der Waals surface area contributed by atoms with Crippen LogP contribution in [0.4, 0.5) is 0 Å². The number of nitrogens with zero attached hydrogens (tertiary/aromatic N) is 3. The molecule has 1 N–H and O–H groups in total. The highest BCUT2D eigenvalue weighted by molar-refractivity contribution is 6.33. The summed E-state index contributed by atoms with van der Waals surface area (Å²) in [5.41, 5.74) is 1.05. The first kappa shape index (κ1) is 13.5. The molecular formula is C13H12Cl2N4O. The Bertz CT molecular complexity index is 652. The number of rotatable bonds is 4. The normalized spacial score (nSPS) is 15.1. The van der Waals surface area contributed by atoms with Crippen molar-refractivity contribution in [2.24, 2.45) is 0 Å². The molecule has 1 aliphatic heterocycles. The van der Waals surface area contributed by atoms with Gasteiger partial charge in [-0.3, -0.25) is 4.79 Å². The van der Waals surface area contributed by atoms with Gasteiger partial charge in [0.25, 0.3) is 0 Å². The van der Waals surface area contributed by atoms with Crippen molar-refractivity contribution in [1.82, 2.24) is 20.3 Å². The zero-order valence-corrected chi connectivity index (χ0v) is 12.0. The Labute approximate surface area is 125 Å². The van der Waals surface area contributed by atoms with Gasteiger partial charge in [0.15, 0.2) is 5.78 Å². The molecule has 0 bridgehead atoms. The summed E-state index contributed by atoms with van der Waals surface area (Å²) in [6.07, 6.45) is 1.85. The highest BCUT2D eigenvalue weighted by Crippen LogP contribution is 2.22. The van der Waals surface area contributed by atoms with Crippen molar-refractivity contribution < 1.29 is 4.79 Å². The van der Waals surface area contributed by atoms with E-state index in [0.29, 0.717) is 27.3 Å². The quantitative estimate of drug-likeness (QED) is 0.879. The Morgan fingerprint density at radius 2 is 2.20 bits per heavy atom. The summed E-state index contributed by atoms with van der Waals surface area (Å²) >= 11 is 12.0. The summed E-state index contributed by atoms with van der Waals surface area (Å²) < 4.78 is 1.73. The van der Waals surface area contributed by atoms with Crippen LogP contribution in [0.3, 0.4) is 0 Å². The van der Waals surface area contributed by atoms with E-state index in [1.807, 2.05) is 0 Å². The third kappa shape index (κ3) is 2.70. The second-order valence-corrected chi connectivity index (χ2v) is 5.58. The van der Waals surface area contributed by atoms with Gasteiger partial charge in [0, 0.05) is 29.6 Å². The van der Waals surface area contributed by atoms with Crippen LogP contribution in [-0.4, -0.2) is 33.9 Å². The van der Waals surface area contributed by atoms with Gasteiger partial charge in [-0.25, -0.2) is 4.68 Å². The standard InChI is InChI=1S/C13H12Cl2N4O/c14-9-1-2-11(15)8(3-9)4-13(20)12-7-19(18-17-12)10-5-16-6-10/h1-3,7,10,16H,4-6H2. The predicted molar refractivity (Wildman–Crippen MR) is 76.4 cm³/mol. The summed E-state index contributed by atoms with van der Waals surface area (Å²) in [5.74, 6) is -0.118. The molecule has 0 spiro atoms. The average Bonchev–Trinajstić information content (AvgIpc) is 2.81. The van der Waals surface area contributed by atoms with E-state index in [4.69, 9.17) is 23.2 Å². The van der Waals surface area contributed by atoms with Gasteiger partial charge in [-0.05, 0) is 23.8 Å². The van der Waals surface area contributed by atoms with Crippen molar-refractivity contribution in [1.29, 1.82) is 0 Å². The van der Waals surface area contributed by atoms with Crippen LogP contribution >= 0.6 is 23.2 Å². The Morgan fingerprint density at radius 1 is 1.40 bits per heavy atom. The first-order chi connectivity index (χ1) is 9.63. The second kappa shape index (κ2) is 5.52. The molecule has 1 aliphatic rings.